The smallest absolute Gasteiger partial charge is 0.330 e. The molecule has 0 aliphatic carbocycles. The zero-order valence-corrected chi connectivity index (χ0v) is 13.2. The number of aliphatic carboxylic acids is 2. The van der Waals surface area contributed by atoms with Crippen LogP contribution in [0.25, 0.3) is 0 Å². The van der Waals surface area contributed by atoms with Gasteiger partial charge in [-0.1, -0.05) is 19.7 Å². The molecule has 21 heavy (non-hydrogen) atoms. The van der Waals surface area contributed by atoms with Gasteiger partial charge in [-0.15, -0.1) is 0 Å². The Morgan fingerprint density at radius 1 is 1.10 bits per heavy atom. The van der Waals surface area contributed by atoms with E-state index in [1.165, 1.54) is 13.8 Å². The van der Waals surface area contributed by atoms with Gasteiger partial charge in [0.25, 0.3) is 0 Å². The summed E-state index contributed by atoms with van der Waals surface area (Å²) in [5, 5.41) is 17.4. The third kappa shape index (κ3) is 27.0. The topological polar surface area (TPSA) is 104 Å². The van der Waals surface area contributed by atoms with Crippen molar-refractivity contribution in [2.24, 2.45) is 0 Å². The largest absolute Gasteiger partial charge is 0.545 e. The van der Waals surface area contributed by atoms with Crippen LogP contribution in [-0.4, -0.2) is 28.6 Å². The number of carbonyl (C=O) groups excluding carboxylic acids is 2. The van der Waals surface area contributed by atoms with E-state index < -0.39 is 17.5 Å². The molecular weight excluding hydrogens is 276 g/mol. The predicted octanol–water partition coefficient (Wildman–Crippen LogP) is 1.47. The molecule has 6 heteroatoms. The molecule has 0 aliphatic rings. The Balaban J connectivity index is -0.000000240. The highest BCUT2D eigenvalue weighted by atomic mass is 16.6. The highest BCUT2D eigenvalue weighted by Crippen LogP contribution is 2.06. The van der Waals surface area contributed by atoms with E-state index in [4.69, 9.17) is 9.84 Å². The van der Waals surface area contributed by atoms with E-state index in [-0.39, 0.29) is 17.1 Å². The minimum atomic E-state index is -1.19. The summed E-state index contributed by atoms with van der Waals surface area (Å²) in [5.41, 5.74) is -0.157. The van der Waals surface area contributed by atoms with Crippen LogP contribution in [0.3, 0.4) is 0 Å². The van der Waals surface area contributed by atoms with Gasteiger partial charge in [-0.2, -0.15) is 0 Å². The summed E-state index contributed by atoms with van der Waals surface area (Å²) < 4.78 is 4.83. The number of hydrogen-bond acceptors (Lipinski definition) is 5. The van der Waals surface area contributed by atoms with Crippen LogP contribution in [-0.2, 0) is 19.1 Å². The molecule has 120 valence electrons. The van der Waals surface area contributed by atoms with Crippen molar-refractivity contribution in [2.75, 3.05) is 0 Å². The monoisotopic (exact) mass is 299 g/mol. The van der Waals surface area contributed by atoms with Gasteiger partial charge in [0, 0.05) is 11.6 Å². The fourth-order valence-corrected chi connectivity index (χ4v) is 0.343. The first-order chi connectivity index (χ1) is 9.24. The SMILES string of the molecule is C=C(C)C(=O)O.C=C(C)C(=O)[O-].C=CC(=O)OC(C)(C)C. The molecule has 0 spiro atoms. The summed E-state index contributed by atoms with van der Waals surface area (Å²) in [7, 11) is 0. The van der Waals surface area contributed by atoms with Crippen LogP contribution >= 0.6 is 0 Å². The average molecular weight is 299 g/mol. The molecule has 0 aromatic rings. The number of esters is 1. The Hall–Kier alpha value is -2.37. The van der Waals surface area contributed by atoms with Crippen LogP contribution in [0, 0.1) is 0 Å². The van der Waals surface area contributed by atoms with E-state index in [1.807, 2.05) is 20.8 Å². The van der Waals surface area contributed by atoms with Gasteiger partial charge < -0.3 is 19.7 Å². The quantitative estimate of drug-likeness (QED) is 0.625. The van der Waals surface area contributed by atoms with E-state index in [0.29, 0.717) is 0 Å². The molecule has 0 aromatic heterocycles. The lowest BCUT2D eigenvalue weighted by Gasteiger charge is -2.17. The maximum Gasteiger partial charge on any atom is 0.330 e. The zero-order valence-electron chi connectivity index (χ0n) is 13.2. The molecule has 0 fully saturated rings. The maximum absolute atomic E-state index is 10.5. The van der Waals surface area contributed by atoms with Crippen molar-refractivity contribution in [2.45, 2.75) is 40.2 Å². The standard InChI is InChI=1S/C7H12O2.2C4H6O2/c1-5-6(8)9-7(2,3)4;2*1-3(2)4(5)6/h5H,1H2,2-4H3;2*1H2,2H3,(H,5,6)/p-1. The van der Waals surface area contributed by atoms with E-state index in [9.17, 15) is 19.5 Å². The zero-order chi connectivity index (χ0) is 17.8. The molecule has 0 rings (SSSR count). The van der Waals surface area contributed by atoms with Crippen molar-refractivity contribution < 1.29 is 29.3 Å². The van der Waals surface area contributed by atoms with Crippen molar-refractivity contribution in [3.05, 3.63) is 37.0 Å². The van der Waals surface area contributed by atoms with Gasteiger partial charge in [0.15, 0.2) is 0 Å². The summed E-state index contributed by atoms with van der Waals surface area (Å²) in [6.07, 6.45) is 1.16. The summed E-state index contributed by atoms with van der Waals surface area (Å²) in [6, 6.07) is 0. The second-order valence-electron chi connectivity index (χ2n) is 4.89. The fraction of sp³-hybridized carbons (Fsp3) is 0.400. The molecule has 1 N–H and O–H groups in total. The third-order valence-corrected chi connectivity index (χ3v) is 1.29. The Morgan fingerprint density at radius 3 is 1.43 bits per heavy atom. The van der Waals surface area contributed by atoms with Crippen LogP contribution in [0.2, 0.25) is 0 Å². The summed E-state index contributed by atoms with van der Waals surface area (Å²) in [4.78, 5) is 29.6. The molecule has 0 saturated carbocycles. The first-order valence-corrected chi connectivity index (χ1v) is 5.85. The number of hydrogen-bond donors (Lipinski definition) is 1. The normalized spacial score (nSPS) is 8.81. The molecular formula is C15H23O6-. The van der Waals surface area contributed by atoms with Crippen molar-refractivity contribution >= 4 is 17.9 Å². The maximum atomic E-state index is 10.5. The van der Waals surface area contributed by atoms with Gasteiger partial charge >= 0.3 is 11.9 Å². The summed E-state index contributed by atoms with van der Waals surface area (Å²) in [6.45, 7) is 17.8. The van der Waals surface area contributed by atoms with Crippen molar-refractivity contribution in [1.29, 1.82) is 0 Å². The second-order valence-corrected chi connectivity index (χ2v) is 4.89. The Bertz CT molecular complexity index is 364. The summed E-state index contributed by atoms with van der Waals surface area (Å²) in [5.74, 6) is -2.49. The molecule has 0 amide bonds. The second kappa shape index (κ2) is 11.5. The molecule has 0 unspecified atom stereocenters. The first kappa shape index (κ1) is 23.7. The van der Waals surface area contributed by atoms with Crippen molar-refractivity contribution in [1.82, 2.24) is 0 Å². The Kier molecular flexibility index (Phi) is 12.9. The Labute approximate surface area is 125 Å². The van der Waals surface area contributed by atoms with Crippen LogP contribution in [0.1, 0.15) is 34.6 Å². The molecule has 0 radical (unpaired) electrons. The lowest BCUT2D eigenvalue weighted by molar-refractivity contribution is -0.299. The molecule has 0 saturated heterocycles. The van der Waals surface area contributed by atoms with Gasteiger partial charge in [-0.05, 0) is 40.2 Å². The average Bonchev–Trinajstić information content (AvgIpc) is 2.27. The molecule has 6 nitrogen and oxygen atoms in total. The van der Waals surface area contributed by atoms with Crippen LogP contribution < -0.4 is 5.11 Å². The number of carbonyl (C=O) groups is 3. The van der Waals surface area contributed by atoms with Crippen molar-refractivity contribution in [3.63, 3.8) is 0 Å². The fourth-order valence-electron chi connectivity index (χ4n) is 0.343. The number of ether oxygens (including phenoxy) is 1. The molecule has 0 bridgehead atoms. The van der Waals surface area contributed by atoms with Gasteiger partial charge in [-0.3, -0.25) is 0 Å². The number of rotatable bonds is 3. The summed E-state index contributed by atoms with van der Waals surface area (Å²) >= 11 is 0. The van der Waals surface area contributed by atoms with Gasteiger partial charge in [-0.25, -0.2) is 9.59 Å². The number of carboxylic acid groups (broad SMARTS) is 2. The molecule has 0 atom stereocenters. The Morgan fingerprint density at radius 2 is 1.38 bits per heavy atom. The van der Waals surface area contributed by atoms with Crippen LogP contribution in [0.4, 0.5) is 0 Å². The minimum absolute atomic E-state index is 0.0648. The van der Waals surface area contributed by atoms with Gasteiger partial charge in [0.2, 0.25) is 0 Å². The lowest BCUT2D eigenvalue weighted by Crippen LogP contribution is -2.22. The van der Waals surface area contributed by atoms with E-state index in [2.05, 4.69) is 19.7 Å². The van der Waals surface area contributed by atoms with Crippen molar-refractivity contribution in [3.8, 4) is 0 Å². The predicted molar refractivity (Wildman–Crippen MR) is 78.3 cm³/mol. The first-order valence-electron chi connectivity index (χ1n) is 5.85. The van der Waals surface area contributed by atoms with Crippen LogP contribution in [0.5, 0.6) is 0 Å². The highest BCUT2D eigenvalue weighted by Gasteiger charge is 2.12. The van der Waals surface area contributed by atoms with Gasteiger partial charge in [0.1, 0.15) is 5.60 Å². The third-order valence-electron chi connectivity index (χ3n) is 1.29. The number of carboxylic acids is 2. The molecule has 0 aromatic carbocycles. The minimum Gasteiger partial charge on any atom is -0.545 e. The molecule has 0 heterocycles. The van der Waals surface area contributed by atoms with Crippen LogP contribution in [0.15, 0.2) is 37.0 Å². The lowest BCUT2D eigenvalue weighted by atomic mass is 10.2. The molecule has 0 aliphatic heterocycles. The van der Waals surface area contributed by atoms with E-state index in [1.54, 1.807) is 0 Å². The van der Waals surface area contributed by atoms with Gasteiger partial charge in [0.05, 0.1) is 5.97 Å². The highest BCUT2D eigenvalue weighted by molar-refractivity contribution is 5.84. The van der Waals surface area contributed by atoms with E-state index in [0.717, 1.165) is 6.08 Å². The van der Waals surface area contributed by atoms with E-state index >= 15 is 0 Å².